The zero-order chi connectivity index (χ0) is 14.7. The van der Waals surface area contributed by atoms with Crippen molar-refractivity contribution in [2.24, 2.45) is 0 Å². The molecule has 108 valence electrons. The summed E-state index contributed by atoms with van der Waals surface area (Å²) in [5, 5.41) is 6.13. The van der Waals surface area contributed by atoms with Gasteiger partial charge in [0.25, 0.3) is 11.8 Å². The highest BCUT2D eigenvalue weighted by molar-refractivity contribution is 6.34. The van der Waals surface area contributed by atoms with Crippen LogP contribution in [0.15, 0.2) is 12.1 Å². The molecule has 1 atom stereocenters. The van der Waals surface area contributed by atoms with Crippen LogP contribution >= 0.6 is 11.6 Å². The minimum atomic E-state index is -0.122. The lowest BCUT2D eigenvalue weighted by atomic mass is 10.1. The third kappa shape index (κ3) is 3.71. The van der Waals surface area contributed by atoms with Crippen molar-refractivity contribution in [2.45, 2.75) is 13.8 Å². The minimum Gasteiger partial charge on any atom is -0.346 e. The summed E-state index contributed by atoms with van der Waals surface area (Å²) in [6, 6.07) is 3.80. The van der Waals surface area contributed by atoms with Gasteiger partial charge in [-0.25, -0.2) is 0 Å². The zero-order valence-corrected chi connectivity index (χ0v) is 12.4. The highest BCUT2D eigenvalue weighted by Crippen LogP contribution is 2.26. The molecule has 1 aromatic carbocycles. The Labute approximate surface area is 123 Å². The molecule has 0 bridgehead atoms. The average Bonchev–Trinajstić information content (AvgIpc) is 2.33. The maximum absolute atomic E-state index is 12.1. The van der Waals surface area contributed by atoms with E-state index in [0.29, 0.717) is 23.8 Å². The molecule has 2 amide bonds. The van der Waals surface area contributed by atoms with Crippen molar-refractivity contribution in [3.63, 3.8) is 0 Å². The highest BCUT2D eigenvalue weighted by atomic mass is 35.5. The quantitative estimate of drug-likeness (QED) is 0.730. The summed E-state index contributed by atoms with van der Waals surface area (Å²) in [7, 11) is 0. The van der Waals surface area contributed by atoms with Crippen molar-refractivity contribution in [2.75, 3.05) is 31.5 Å². The van der Waals surface area contributed by atoms with Crippen molar-refractivity contribution in [1.29, 1.82) is 0 Å². The standard InChI is InChI=1S/C14H18ClN3O2/c1-9-5-10(2)14(11(15)6-9)17-13(20)8-18-4-3-16-12(19)7-18/h5-6H,3-4,7-8H2,1-2H3,(H,16,19)(H,17,20)/p+1. The lowest BCUT2D eigenvalue weighted by Crippen LogP contribution is -3.16. The van der Waals surface area contributed by atoms with Crippen molar-refractivity contribution in [1.82, 2.24) is 5.32 Å². The molecule has 1 fully saturated rings. The molecule has 1 aliphatic heterocycles. The number of amides is 2. The van der Waals surface area contributed by atoms with Crippen molar-refractivity contribution >= 4 is 29.1 Å². The number of hydrogen-bond acceptors (Lipinski definition) is 2. The molecular formula is C14H19ClN3O2+. The second-order valence-corrected chi connectivity index (χ2v) is 5.60. The van der Waals surface area contributed by atoms with Gasteiger partial charge >= 0.3 is 0 Å². The van der Waals surface area contributed by atoms with Crippen LogP contribution in [0.25, 0.3) is 0 Å². The largest absolute Gasteiger partial charge is 0.346 e. The van der Waals surface area contributed by atoms with Gasteiger partial charge in [0.1, 0.15) is 0 Å². The fraction of sp³-hybridized carbons (Fsp3) is 0.429. The van der Waals surface area contributed by atoms with Crippen LogP contribution in [-0.4, -0.2) is 38.0 Å². The van der Waals surface area contributed by atoms with Crippen molar-refractivity contribution in [3.8, 4) is 0 Å². The summed E-state index contributed by atoms with van der Waals surface area (Å²) < 4.78 is 0. The van der Waals surface area contributed by atoms with Gasteiger partial charge in [0.05, 0.1) is 23.8 Å². The smallest absolute Gasteiger partial charge is 0.279 e. The number of nitrogens with one attached hydrogen (secondary N) is 3. The summed E-state index contributed by atoms with van der Waals surface area (Å²) in [6.45, 7) is 5.87. The maximum atomic E-state index is 12.1. The first kappa shape index (κ1) is 14.8. The van der Waals surface area contributed by atoms with Gasteiger partial charge in [-0.15, -0.1) is 0 Å². The minimum absolute atomic E-state index is 0.0106. The third-order valence-electron chi connectivity index (χ3n) is 3.32. The van der Waals surface area contributed by atoms with Gasteiger partial charge in [0.15, 0.2) is 13.1 Å². The molecule has 1 aliphatic rings. The topological polar surface area (TPSA) is 62.6 Å². The first-order chi connectivity index (χ1) is 9.45. The van der Waals surface area contributed by atoms with Gasteiger partial charge in [-0.05, 0) is 31.0 Å². The molecule has 1 aromatic rings. The first-order valence-electron chi connectivity index (χ1n) is 6.62. The van der Waals surface area contributed by atoms with E-state index in [-0.39, 0.29) is 18.4 Å². The van der Waals surface area contributed by atoms with E-state index in [0.717, 1.165) is 22.6 Å². The molecule has 3 N–H and O–H groups in total. The van der Waals surface area contributed by atoms with E-state index in [1.54, 1.807) is 0 Å². The molecule has 5 nitrogen and oxygen atoms in total. The molecule has 1 heterocycles. The fourth-order valence-electron chi connectivity index (χ4n) is 2.39. The third-order valence-corrected chi connectivity index (χ3v) is 3.62. The van der Waals surface area contributed by atoms with Crippen LogP contribution in [0.4, 0.5) is 5.69 Å². The highest BCUT2D eigenvalue weighted by Gasteiger charge is 2.22. The maximum Gasteiger partial charge on any atom is 0.279 e. The van der Waals surface area contributed by atoms with Gasteiger partial charge in [-0.3, -0.25) is 9.59 Å². The summed E-state index contributed by atoms with van der Waals surface area (Å²) >= 11 is 6.16. The summed E-state index contributed by atoms with van der Waals surface area (Å²) in [6.07, 6.45) is 0. The number of halogens is 1. The Balaban J connectivity index is 1.99. The van der Waals surface area contributed by atoms with E-state index in [4.69, 9.17) is 11.6 Å². The normalized spacial score (nSPS) is 18.6. The Morgan fingerprint density at radius 3 is 2.85 bits per heavy atom. The Hall–Kier alpha value is -1.59. The number of benzene rings is 1. The molecule has 0 aromatic heterocycles. The zero-order valence-electron chi connectivity index (χ0n) is 11.7. The number of hydrogen-bond donors (Lipinski definition) is 3. The monoisotopic (exact) mass is 296 g/mol. The number of aryl methyl sites for hydroxylation is 2. The average molecular weight is 297 g/mol. The Kier molecular flexibility index (Phi) is 4.62. The lowest BCUT2D eigenvalue weighted by molar-refractivity contribution is -0.885. The van der Waals surface area contributed by atoms with E-state index < -0.39 is 0 Å². The van der Waals surface area contributed by atoms with E-state index in [2.05, 4.69) is 10.6 Å². The van der Waals surface area contributed by atoms with Crippen LogP contribution in [0.1, 0.15) is 11.1 Å². The lowest BCUT2D eigenvalue weighted by Gasteiger charge is -2.23. The molecule has 2 rings (SSSR count). The van der Waals surface area contributed by atoms with Gasteiger partial charge in [-0.2, -0.15) is 0 Å². The molecule has 20 heavy (non-hydrogen) atoms. The van der Waals surface area contributed by atoms with E-state index >= 15 is 0 Å². The molecule has 1 unspecified atom stereocenters. The van der Waals surface area contributed by atoms with Crippen LogP contribution in [0.5, 0.6) is 0 Å². The summed E-state index contributed by atoms with van der Waals surface area (Å²) in [4.78, 5) is 24.3. The van der Waals surface area contributed by atoms with Crippen LogP contribution in [-0.2, 0) is 9.59 Å². The predicted molar refractivity (Wildman–Crippen MR) is 78.1 cm³/mol. The number of piperazine rings is 1. The SMILES string of the molecule is Cc1cc(C)c(NC(=O)C[NH+]2CCNC(=O)C2)c(Cl)c1. The Morgan fingerprint density at radius 1 is 1.45 bits per heavy atom. The van der Waals surface area contributed by atoms with Crippen molar-refractivity contribution < 1.29 is 14.5 Å². The number of carbonyl (C=O) groups excluding carboxylic acids is 2. The second kappa shape index (κ2) is 6.24. The van der Waals surface area contributed by atoms with E-state index in [1.165, 1.54) is 0 Å². The van der Waals surface area contributed by atoms with Gasteiger partial charge in [0.2, 0.25) is 0 Å². The molecule has 6 heteroatoms. The Morgan fingerprint density at radius 2 is 2.20 bits per heavy atom. The molecular weight excluding hydrogens is 278 g/mol. The molecule has 0 radical (unpaired) electrons. The van der Waals surface area contributed by atoms with Gasteiger partial charge in [-0.1, -0.05) is 17.7 Å². The number of anilines is 1. The van der Waals surface area contributed by atoms with E-state index in [1.807, 2.05) is 26.0 Å². The molecule has 0 aliphatic carbocycles. The van der Waals surface area contributed by atoms with Gasteiger partial charge in [0, 0.05) is 0 Å². The Bertz CT molecular complexity index is 522. The van der Waals surface area contributed by atoms with E-state index in [9.17, 15) is 9.59 Å². The molecule has 0 saturated carbocycles. The predicted octanol–water partition coefficient (Wildman–Crippen LogP) is -0.0900. The molecule has 0 spiro atoms. The van der Waals surface area contributed by atoms with Crippen molar-refractivity contribution in [3.05, 3.63) is 28.3 Å². The van der Waals surface area contributed by atoms with Crippen LogP contribution in [0.3, 0.4) is 0 Å². The summed E-state index contributed by atoms with van der Waals surface area (Å²) in [5.74, 6) is -0.132. The first-order valence-corrected chi connectivity index (χ1v) is 7.00. The molecule has 1 saturated heterocycles. The number of quaternary nitrogens is 1. The van der Waals surface area contributed by atoms with Crippen LogP contribution < -0.4 is 15.5 Å². The second-order valence-electron chi connectivity index (χ2n) is 5.19. The fourth-order valence-corrected chi connectivity index (χ4v) is 2.76. The summed E-state index contributed by atoms with van der Waals surface area (Å²) in [5.41, 5.74) is 2.65. The van der Waals surface area contributed by atoms with Gasteiger partial charge < -0.3 is 15.5 Å². The number of rotatable bonds is 3. The van der Waals surface area contributed by atoms with Crippen LogP contribution in [0.2, 0.25) is 5.02 Å². The van der Waals surface area contributed by atoms with Crippen LogP contribution in [0, 0.1) is 13.8 Å². The number of carbonyl (C=O) groups is 2.